The molecule has 0 spiro atoms. The van der Waals surface area contributed by atoms with E-state index in [1.807, 2.05) is 39.8 Å². The monoisotopic (exact) mass is 439 g/mol. The molecule has 4 rings (SSSR count). The van der Waals surface area contributed by atoms with Crippen LogP contribution < -0.4 is 26.8 Å². The second-order valence-corrected chi connectivity index (χ2v) is 8.98. The molecule has 2 heterocycles. The summed E-state index contributed by atoms with van der Waals surface area (Å²) in [5, 5.41) is 8.63. The van der Waals surface area contributed by atoms with Crippen LogP contribution >= 0.6 is 0 Å². The van der Waals surface area contributed by atoms with Gasteiger partial charge in [-0.1, -0.05) is 26.8 Å². The molecule has 2 aromatic carbocycles. The second kappa shape index (κ2) is 7.62. The zero-order valence-electron chi connectivity index (χ0n) is 18.7. The molecule has 1 unspecified atom stereocenters. The van der Waals surface area contributed by atoms with E-state index in [4.69, 9.17) is 4.42 Å². The topological polar surface area (TPSA) is 100 Å². The number of nitrogens with one attached hydrogen (secondary N) is 3. The molecule has 0 aliphatic carbocycles. The molecule has 7 nitrogen and oxygen atoms in total. The van der Waals surface area contributed by atoms with E-state index >= 15 is 0 Å². The molecule has 2 atom stereocenters. The van der Waals surface area contributed by atoms with Gasteiger partial charge in [0.2, 0.25) is 0 Å². The highest BCUT2D eigenvalue weighted by Gasteiger charge is 2.36. The van der Waals surface area contributed by atoms with Crippen LogP contribution in [0.15, 0.2) is 38.3 Å². The molecule has 3 aromatic rings. The molecule has 1 amide bonds. The predicted octanol–water partition coefficient (Wildman–Crippen LogP) is 4.46. The number of furan rings is 1. The first kappa shape index (κ1) is 21.8. The largest absolute Gasteiger partial charge is 0.464 e. The van der Waals surface area contributed by atoms with Crippen LogP contribution in [0.3, 0.4) is 0 Å². The minimum absolute atomic E-state index is 0.0547. The number of hydrogen-bond donors (Lipinski definition) is 3. The third kappa shape index (κ3) is 3.39. The number of benzene rings is 1. The Hall–Kier alpha value is -3.42. The maximum Gasteiger partial charge on any atom is 0.254 e. The van der Waals surface area contributed by atoms with Crippen molar-refractivity contribution in [3.8, 4) is 0 Å². The Morgan fingerprint density at radius 3 is 2.41 bits per heavy atom. The Balaban J connectivity index is 1.74. The van der Waals surface area contributed by atoms with Gasteiger partial charge in [-0.25, -0.2) is 4.39 Å². The van der Waals surface area contributed by atoms with Crippen LogP contribution in [-0.4, -0.2) is 5.91 Å². The highest BCUT2D eigenvalue weighted by Crippen LogP contribution is 2.41. The van der Waals surface area contributed by atoms with Crippen LogP contribution in [0.2, 0.25) is 0 Å². The Morgan fingerprint density at radius 2 is 1.78 bits per heavy atom. The maximum absolute atomic E-state index is 14.7. The van der Waals surface area contributed by atoms with E-state index in [-0.39, 0.29) is 34.1 Å². The lowest BCUT2D eigenvalue weighted by Gasteiger charge is -2.34. The highest BCUT2D eigenvalue weighted by atomic mass is 19.1. The van der Waals surface area contributed by atoms with Crippen LogP contribution in [0.4, 0.5) is 21.5 Å². The van der Waals surface area contributed by atoms with Crippen LogP contribution in [-0.2, 0) is 0 Å². The fourth-order valence-electron chi connectivity index (χ4n) is 4.05. The molecule has 0 fully saturated rings. The highest BCUT2D eigenvalue weighted by molar-refractivity contribution is 6.05. The van der Waals surface area contributed by atoms with Crippen molar-refractivity contribution in [1.82, 2.24) is 5.32 Å². The van der Waals surface area contributed by atoms with E-state index < -0.39 is 28.6 Å². The third-order valence-electron chi connectivity index (χ3n) is 6.42. The van der Waals surface area contributed by atoms with Gasteiger partial charge in [-0.2, -0.15) is 0 Å². The average molecular weight is 439 g/mol. The maximum atomic E-state index is 14.7. The number of aryl methyl sites for hydroxylation is 1. The van der Waals surface area contributed by atoms with Gasteiger partial charge in [0.25, 0.3) is 16.8 Å². The minimum atomic E-state index is -0.764. The van der Waals surface area contributed by atoms with Crippen molar-refractivity contribution in [3.63, 3.8) is 0 Å². The number of halogens is 1. The summed E-state index contributed by atoms with van der Waals surface area (Å²) in [5.74, 6) is 0.246. The van der Waals surface area contributed by atoms with Crippen molar-refractivity contribution >= 4 is 23.0 Å². The number of amides is 1. The van der Waals surface area contributed by atoms with E-state index in [1.54, 1.807) is 13.0 Å². The Morgan fingerprint density at radius 1 is 1.09 bits per heavy atom. The molecule has 32 heavy (non-hydrogen) atoms. The molecule has 0 bridgehead atoms. The number of anilines is 3. The summed E-state index contributed by atoms with van der Waals surface area (Å²) in [6.45, 7) is 9.69. The first-order chi connectivity index (χ1) is 15.0. The Bertz CT molecular complexity index is 1280. The van der Waals surface area contributed by atoms with Crippen molar-refractivity contribution < 1.29 is 13.6 Å². The van der Waals surface area contributed by atoms with Crippen molar-refractivity contribution in [3.05, 3.63) is 73.2 Å². The molecular weight excluding hydrogens is 413 g/mol. The quantitative estimate of drug-likeness (QED) is 0.470. The van der Waals surface area contributed by atoms with Crippen molar-refractivity contribution in [1.29, 1.82) is 0 Å². The number of fused-ring (bicyclic) bond motifs is 1. The molecule has 3 N–H and O–H groups in total. The third-order valence-corrected chi connectivity index (χ3v) is 6.42. The molecular formula is C24H26FN3O4. The number of carbonyl (C=O) groups excluding carboxylic acids is 1. The van der Waals surface area contributed by atoms with Gasteiger partial charge in [-0.05, 0) is 49.4 Å². The molecule has 1 aliphatic rings. The fourth-order valence-corrected chi connectivity index (χ4v) is 4.05. The first-order valence-electron chi connectivity index (χ1n) is 10.6. The summed E-state index contributed by atoms with van der Waals surface area (Å²) >= 11 is 0. The van der Waals surface area contributed by atoms with Crippen LogP contribution in [0.1, 0.15) is 73.6 Å². The number of hydrogen-bond acceptors (Lipinski definition) is 6. The summed E-state index contributed by atoms with van der Waals surface area (Å²) in [6.07, 6.45) is 0.765. The normalized spacial score (nSPS) is 16.7. The van der Waals surface area contributed by atoms with Gasteiger partial charge < -0.3 is 20.4 Å². The van der Waals surface area contributed by atoms with Crippen LogP contribution in [0, 0.1) is 18.2 Å². The SMILES string of the molecule is CCC(C)(C)C(Nc1c(Nc2c(F)ccc3c2C(=O)N[C@@H]3C)c(=O)c1=O)c1ccc(C)o1. The summed E-state index contributed by atoms with van der Waals surface area (Å²) in [6, 6.07) is 5.77. The van der Waals surface area contributed by atoms with Crippen LogP contribution in [0.25, 0.3) is 0 Å². The number of rotatable bonds is 7. The zero-order valence-corrected chi connectivity index (χ0v) is 18.7. The average Bonchev–Trinajstić information content (AvgIpc) is 3.30. The van der Waals surface area contributed by atoms with Gasteiger partial charge in [-0.15, -0.1) is 0 Å². The van der Waals surface area contributed by atoms with E-state index in [0.29, 0.717) is 11.3 Å². The Labute approximate surface area is 184 Å². The van der Waals surface area contributed by atoms with Crippen LogP contribution in [0.5, 0.6) is 0 Å². The molecule has 0 radical (unpaired) electrons. The van der Waals surface area contributed by atoms with Crippen molar-refractivity contribution in [2.45, 2.75) is 53.1 Å². The number of carbonyl (C=O) groups is 1. The lowest BCUT2D eigenvalue weighted by molar-refractivity contribution is 0.0959. The second-order valence-electron chi connectivity index (χ2n) is 8.98. The molecule has 0 saturated carbocycles. The molecule has 1 aromatic heterocycles. The Kier molecular flexibility index (Phi) is 5.19. The van der Waals surface area contributed by atoms with Gasteiger partial charge in [0.15, 0.2) is 0 Å². The van der Waals surface area contributed by atoms with Gasteiger partial charge in [0.05, 0.1) is 23.3 Å². The lowest BCUT2D eigenvalue weighted by atomic mass is 9.80. The van der Waals surface area contributed by atoms with Gasteiger partial charge >= 0.3 is 0 Å². The zero-order chi connectivity index (χ0) is 23.4. The van der Waals surface area contributed by atoms with Gasteiger partial charge in [0, 0.05) is 0 Å². The van der Waals surface area contributed by atoms with E-state index in [0.717, 1.165) is 12.2 Å². The summed E-state index contributed by atoms with van der Waals surface area (Å²) in [7, 11) is 0. The van der Waals surface area contributed by atoms with Crippen molar-refractivity contribution in [2.24, 2.45) is 5.41 Å². The van der Waals surface area contributed by atoms with E-state index in [2.05, 4.69) is 16.0 Å². The summed E-state index contributed by atoms with van der Waals surface area (Å²) in [4.78, 5) is 37.3. The molecule has 168 valence electrons. The van der Waals surface area contributed by atoms with Gasteiger partial charge in [-0.3, -0.25) is 14.4 Å². The predicted molar refractivity (Wildman–Crippen MR) is 121 cm³/mol. The summed E-state index contributed by atoms with van der Waals surface area (Å²) in [5.41, 5.74) is -1.13. The molecule has 1 aliphatic heterocycles. The van der Waals surface area contributed by atoms with Gasteiger partial charge in [0.1, 0.15) is 28.7 Å². The molecule has 8 heteroatoms. The smallest absolute Gasteiger partial charge is 0.254 e. The lowest BCUT2D eigenvalue weighted by Crippen LogP contribution is -2.40. The van der Waals surface area contributed by atoms with Crippen molar-refractivity contribution in [2.75, 3.05) is 10.6 Å². The fraction of sp³-hybridized carbons (Fsp3) is 0.375. The molecule has 0 saturated heterocycles. The van der Waals surface area contributed by atoms with E-state index in [9.17, 15) is 18.8 Å². The minimum Gasteiger partial charge on any atom is -0.464 e. The first-order valence-corrected chi connectivity index (χ1v) is 10.6. The summed E-state index contributed by atoms with van der Waals surface area (Å²) < 4.78 is 20.5. The van der Waals surface area contributed by atoms with E-state index in [1.165, 1.54) is 6.07 Å². The standard InChI is InChI=1S/C24H26FN3O4/c1-6-24(4,5)22(15-10-7-11(2)32-15)28-19-18(20(29)21(19)30)27-17-14(25)9-8-13-12(3)26-23(31)16(13)17/h7-10,12,22,27-28H,6H2,1-5H3,(H,26,31)/t12-,22?/m1/s1.